The van der Waals surface area contributed by atoms with Crippen molar-refractivity contribution in [1.82, 2.24) is 9.97 Å². The van der Waals surface area contributed by atoms with E-state index in [-0.39, 0.29) is 5.75 Å². The number of rotatable bonds is 2. The molecule has 0 amide bonds. The number of hydrogen-bond donors (Lipinski definition) is 3. The number of nitrogens with two attached hydrogens (primary N) is 1. The van der Waals surface area contributed by atoms with E-state index in [0.717, 1.165) is 28.1 Å². The first-order valence-corrected chi connectivity index (χ1v) is 5.73. The van der Waals surface area contributed by atoms with Crippen LogP contribution in [0.4, 0.5) is 5.69 Å². The van der Waals surface area contributed by atoms with Gasteiger partial charge >= 0.3 is 0 Å². The molecule has 0 saturated heterocycles. The lowest BCUT2D eigenvalue weighted by atomic mass is 10.1. The molecule has 3 aromatic rings. The Labute approximate surface area is 104 Å². The molecule has 0 aliphatic heterocycles. The number of aromatic amines is 1. The van der Waals surface area contributed by atoms with Gasteiger partial charge in [0.2, 0.25) is 0 Å². The van der Waals surface area contributed by atoms with Crippen molar-refractivity contribution in [2.45, 2.75) is 6.42 Å². The summed E-state index contributed by atoms with van der Waals surface area (Å²) in [5.41, 5.74) is 9.39. The van der Waals surface area contributed by atoms with E-state index in [4.69, 9.17) is 5.73 Å². The summed E-state index contributed by atoms with van der Waals surface area (Å²) < 4.78 is 0. The molecule has 0 bridgehead atoms. The van der Waals surface area contributed by atoms with Crippen LogP contribution >= 0.6 is 0 Å². The number of benzene rings is 2. The first-order valence-electron chi connectivity index (χ1n) is 5.73. The van der Waals surface area contributed by atoms with E-state index in [9.17, 15) is 5.11 Å². The number of aromatic hydroxyl groups is 1. The van der Waals surface area contributed by atoms with E-state index in [1.165, 1.54) is 0 Å². The highest BCUT2D eigenvalue weighted by atomic mass is 16.3. The molecule has 4 N–H and O–H groups in total. The number of nitrogens with one attached hydrogen (secondary N) is 1. The number of phenolic OH excluding ortho intramolecular Hbond substituents is 1. The number of phenols is 1. The highest BCUT2D eigenvalue weighted by molar-refractivity contribution is 5.76. The van der Waals surface area contributed by atoms with Crippen LogP contribution in [0.3, 0.4) is 0 Å². The topological polar surface area (TPSA) is 74.9 Å². The Hall–Kier alpha value is -2.49. The maximum absolute atomic E-state index is 9.41. The highest BCUT2D eigenvalue weighted by Crippen LogP contribution is 2.20. The number of imidazole rings is 1. The molecule has 0 atom stereocenters. The molecule has 0 aliphatic rings. The van der Waals surface area contributed by atoms with Crippen molar-refractivity contribution in [3.05, 3.63) is 53.9 Å². The summed E-state index contributed by atoms with van der Waals surface area (Å²) in [5, 5.41) is 9.41. The van der Waals surface area contributed by atoms with Crippen LogP contribution in [0.5, 0.6) is 5.75 Å². The number of fused-ring (bicyclic) bond motifs is 1. The molecule has 4 nitrogen and oxygen atoms in total. The third kappa shape index (κ3) is 1.88. The van der Waals surface area contributed by atoms with Gasteiger partial charge in [0.15, 0.2) is 0 Å². The molecule has 18 heavy (non-hydrogen) atoms. The van der Waals surface area contributed by atoms with E-state index >= 15 is 0 Å². The Balaban J connectivity index is 1.98. The van der Waals surface area contributed by atoms with Crippen LogP contribution in [-0.4, -0.2) is 15.1 Å². The van der Waals surface area contributed by atoms with Crippen molar-refractivity contribution >= 4 is 16.7 Å². The van der Waals surface area contributed by atoms with E-state index in [0.29, 0.717) is 6.42 Å². The van der Waals surface area contributed by atoms with Gasteiger partial charge in [-0.1, -0.05) is 18.2 Å². The minimum Gasteiger partial charge on any atom is -0.508 e. The van der Waals surface area contributed by atoms with Crippen molar-refractivity contribution in [3.8, 4) is 5.75 Å². The molecule has 0 aliphatic carbocycles. The molecule has 90 valence electrons. The zero-order valence-electron chi connectivity index (χ0n) is 9.72. The molecule has 2 aromatic carbocycles. The Morgan fingerprint density at radius 3 is 2.83 bits per heavy atom. The Morgan fingerprint density at radius 1 is 1.17 bits per heavy atom. The van der Waals surface area contributed by atoms with E-state index in [1.54, 1.807) is 18.2 Å². The Morgan fingerprint density at radius 2 is 2.00 bits per heavy atom. The molecular weight excluding hydrogens is 226 g/mol. The van der Waals surface area contributed by atoms with E-state index in [2.05, 4.69) is 9.97 Å². The molecule has 3 rings (SSSR count). The fourth-order valence-electron chi connectivity index (χ4n) is 2.01. The van der Waals surface area contributed by atoms with Crippen LogP contribution in [0, 0.1) is 0 Å². The average molecular weight is 239 g/mol. The van der Waals surface area contributed by atoms with Gasteiger partial charge in [0.1, 0.15) is 11.6 Å². The summed E-state index contributed by atoms with van der Waals surface area (Å²) in [6.45, 7) is 0. The summed E-state index contributed by atoms with van der Waals surface area (Å²) in [6.07, 6.45) is 0.655. The van der Waals surface area contributed by atoms with Crippen LogP contribution in [0.2, 0.25) is 0 Å². The second kappa shape index (κ2) is 4.07. The first kappa shape index (κ1) is 10.7. The first-order chi connectivity index (χ1) is 8.72. The van der Waals surface area contributed by atoms with Gasteiger partial charge in [0, 0.05) is 18.2 Å². The van der Waals surface area contributed by atoms with Crippen LogP contribution in [0.1, 0.15) is 11.4 Å². The van der Waals surface area contributed by atoms with Crippen LogP contribution in [-0.2, 0) is 6.42 Å². The zero-order valence-corrected chi connectivity index (χ0v) is 9.72. The van der Waals surface area contributed by atoms with Crippen molar-refractivity contribution in [3.63, 3.8) is 0 Å². The van der Waals surface area contributed by atoms with E-state index < -0.39 is 0 Å². The summed E-state index contributed by atoms with van der Waals surface area (Å²) in [4.78, 5) is 7.65. The number of nitrogen functional groups attached to an aromatic ring is 1. The summed E-state index contributed by atoms with van der Waals surface area (Å²) in [5.74, 6) is 1.07. The SMILES string of the molecule is Nc1ccccc1Cc1nc2ccc(O)cc2[nH]1. The largest absolute Gasteiger partial charge is 0.508 e. The third-order valence-corrected chi connectivity index (χ3v) is 2.93. The lowest BCUT2D eigenvalue weighted by Crippen LogP contribution is -1.96. The van der Waals surface area contributed by atoms with Gasteiger partial charge in [-0.15, -0.1) is 0 Å². The Kier molecular flexibility index (Phi) is 2.41. The predicted molar refractivity (Wildman–Crippen MR) is 71.4 cm³/mol. The third-order valence-electron chi connectivity index (χ3n) is 2.93. The van der Waals surface area contributed by atoms with E-state index in [1.807, 2.05) is 24.3 Å². The summed E-state index contributed by atoms with van der Waals surface area (Å²) >= 11 is 0. The van der Waals surface area contributed by atoms with Crippen LogP contribution < -0.4 is 5.73 Å². The fraction of sp³-hybridized carbons (Fsp3) is 0.0714. The monoisotopic (exact) mass is 239 g/mol. The second-order valence-electron chi connectivity index (χ2n) is 4.26. The number of H-pyrrole nitrogens is 1. The molecule has 0 radical (unpaired) electrons. The summed E-state index contributed by atoms with van der Waals surface area (Å²) in [6, 6.07) is 12.8. The minimum atomic E-state index is 0.233. The summed E-state index contributed by atoms with van der Waals surface area (Å²) in [7, 11) is 0. The fourth-order valence-corrected chi connectivity index (χ4v) is 2.01. The molecule has 0 unspecified atom stereocenters. The number of nitrogens with zero attached hydrogens (tertiary/aromatic N) is 1. The van der Waals surface area contributed by atoms with Gasteiger partial charge in [-0.3, -0.25) is 0 Å². The lowest BCUT2D eigenvalue weighted by molar-refractivity contribution is 0.476. The Bertz CT molecular complexity index is 703. The quantitative estimate of drug-likeness (QED) is 0.601. The van der Waals surface area contributed by atoms with Crippen molar-refractivity contribution in [2.75, 3.05) is 5.73 Å². The lowest BCUT2D eigenvalue weighted by Gasteiger charge is -2.01. The molecule has 0 saturated carbocycles. The maximum Gasteiger partial charge on any atom is 0.117 e. The highest BCUT2D eigenvalue weighted by Gasteiger charge is 2.06. The standard InChI is InChI=1S/C14H13N3O/c15-11-4-2-1-3-9(11)7-14-16-12-6-5-10(18)8-13(12)17-14/h1-6,8,18H,7,15H2,(H,16,17). The number of para-hydroxylation sites is 1. The second-order valence-corrected chi connectivity index (χ2v) is 4.26. The van der Waals surface area contributed by atoms with Gasteiger partial charge in [-0.05, 0) is 23.8 Å². The average Bonchev–Trinajstić information content (AvgIpc) is 2.73. The number of aromatic nitrogens is 2. The predicted octanol–water partition coefficient (Wildman–Crippen LogP) is 2.44. The molecule has 0 spiro atoms. The number of anilines is 1. The van der Waals surface area contributed by atoms with Gasteiger partial charge in [-0.2, -0.15) is 0 Å². The van der Waals surface area contributed by atoms with Gasteiger partial charge < -0.3 is 15.8 Å². The molecule has 0 fully saturated rings. The van der Waals surface area contributed by atoms with Gasteiger partial charge in [0.25, 0.3) is 0 Å². The number of hydrogen-bond acceptors (Lipinski definition) is 3. The molecule has 4 heteroatoms. The van der Waals surface area contributed by atoms with Crippen LogP contribution in [0.15, 0.2) is 42.5 Å². The molecule has 1 aromatic heterocycles. The molecule has 1 heterocycles. The van der Waals surface area contributed by atoms with Crippen molar-refractivity contribution < 1.29 is 5.11 Å². The molecular formula is C14H13N3O. The van der Waals surface area contributed by atoms with Crippen molar-refractivity contribution in [1.29, 1.82) is 0 Å². The smallest absolute Gasteiger partial charge is 0.117 e. The normalized spacial score (nSPS) is 10.9. The maximum atomic E-state index is 9.41. The van der Waals surface area contributed by atoms with Gasteiger partial charge in [0.05, 0.1) is 11.0 Å². The van der Waals surface area contributed by atoms with Gasteiger partial charge in [-0.25, -0.2) is 4.98 Å². The zero-order chi connectivity index (χ0) is 12.5. The van der Waals surface area contributed by atoms with Crippen molar-refractivity contribution in [2.24, 2.45) is 0 Å². The minimum absolute atomic E-state index is 0.233. The van der Waals surface area contributed by atoms with Crippen LogP contribution in [0.25, 0.3) is 11.0 Å².